The molecule has 0 unspecified atom stereocenters. The van der Waals surface area contributed by atoms with Crippen molar-refractivity contribution in [2.24, 2.45) is 0 Å². The molecule has 0 spiro atoms. The fraction of sp³-hybridized carbons (Fsp3) is 0.533. The van der Waals surface area contributed by atoms with Gasteiger partial charge in [0.25, 0.3) is 0 Å². The van der Waals surface area contributed by atoms with Crippen molar-refractivity contribution in [2.45, 2.75) is 48.4 Å². The number of aromatic nitrogens is 1. The van der Waals surface area contributed by atoms with Crippen molar-refractivity contribution in [2.75, 3.05) is 0 Å². The van der Waals surface area contributed by atoms with Gasteiger partial charge in [0.05, 0.1) is 23.3 Å². The van der Waals surface area contributed by atoms with Crippen LogP contribution in [0.5, 0.6) is 0 Å². The molecule has 0 radical (unpaired) electrons. The van der Waals surface area contributed by atoms with Crippen LogP contribution in [0.2, 0.25) is 8.87 Å². The molecule has 0 aliphatic rings. The van der Waals surface area contributed by atoms with E-state index in [1.165, 1.54) is 31.7 Å². The van der Waals surface area contributed by atoms with Crippen molar-refractivity contribution in [1.82, 2.24) is 4.98 Å². The number of carboxylic acid groups (broad SMARTS) is 2. The number of hydrogen-bond acceptors (Lipinski definition) is 5. The number of nitrogens with zero attached hydrogens (tertiary/aromatic N) is 1. The first-order chi connectivity index (χ1) is 10.0. The largest absolute Gasteiger partial charge is 0.543 e. The molecule has 1 rings (SSSR count). The molecule has 0 amide bonds. The zero-order valence-electron chi connectivity index (χ0n) is 12.6. The third-order valence-corrected chi connectivity index (χ3v) is 6.62. The molecule has 21 heavy (non-hydrogen) atoms. The fourth-order valence-corrected chi connectivity index (χ4v) is 5.55. The summed E-state index contributed by atoms with van der Waals surface area (Å²) in [7, 11) is 0. The van der Waals surface area contributed by atoms with E-state index in [1.807, 2.05) is 0 Å². The zero-order chi connectivity index (χ0) is 16.1. The maximum Gasteiger partial charge on any atom is 0.0900 e. The van der Waals surface area contributed by atoms with Crippen LogP contribution in [0, 0.1) is 0 Å². The number of carbonyl (C=O) groups excluding carboxylic acids is 2. The van der Waals surface area contributed by atoms with Gasteiger partial charge in [0.1, 0.15) is 0 Å². The van der Waals surface area contributed by atoms with Gasteiger partial charge in [-0.1, -0.05) is 6.07 Å². The van der Waals surface area contributed by atoms with E-state index in [2.05, 4.69) is 18.8 Å². The summed E-state index contributed by atoms with van der Waals surface area (Å²) in [5.74, 6) is -3.03. The van der Waals surface area contributed by atoms with Crippen molar-refractivity contribution < 1.29 is 19.8 Å². The predicted octanol–water partition coefficient (Wildman–Crippen LogP) is 0.936. The smallest absolute Gasteiger partial charge is 0.0900 e. The monoisotopic (exact) mass is 399 g/mol. The Kier molecular flexibility index (Phi) is 11.9. The summed E-state index contributed by atoms with van der Waals surface area (Å²) in [4.78, 5) is 23.6. The minimum Gasteiger partial charge on any atom is -0.543 e. The van der Waals surface area contributed by atoms with Gasteiger partial charge in [-0.05, 0) is 12.1 Å². The zero-order valence-corrected chi connectivity index (χ0v) is 15.4. The molecule has 0 saturated carbocycles. The van der Waals surface area contributed by atoms with Gasteiger partial charge in [-0.2, -0.15) is 0 Å². The van der Waals surface area contributed by atoms with Gasteiger partial charge in [0.15, 0.2) is 0 Å². The Morgan fingerprint density at radius 2 is 1.43 bits per heavy atom. The van der Waals surface area contributed by atoms with E-state index in [4.69, 9.17) is 0 Å². The standard InChI is InChI=1S/C7H5NO4.2C4H9.Sn/c9-6(10)4-2-1-3-5(8-4)7(11)12;2*1-3-4-2;/h1-3H,(H,9,10)(H,11,12);2*1,3-4H2,2H3;/q;;;+2/p-2. The molecular formula is C15H21NO4Sn. The predicted molar refractivity (Wildman–Crippen MR) is 78.1 cm³/mol. The maximum atomic E-state index is 10.2. The van der Waals surface area contributed by atoms with Crippen molar-refractivity contribution in [3.8, 4) is 0 Å². The molecular weight excluding hydrogens is 377 g/mol. The SMILES string of the molecule is CCC[CH2][Sn+2][CH2]CCC.O=C([O-])c1cccc(C(=O)[O-])n1. The van der Waals surface area contributed by atoms with E-state index in [0.717, 1.165) is 12.1 Å². The van der Waals surface area contributed by atoms with Gasteiger partial charge >= 0.3 is 69.5 Å². The van der Waals surface area contributed by atoms with Crippen molar-refractivity contribution in [1.29, 1.82) is 0 Å². The van der Waals surface area contributed by atoms with E-state index in [0.29, 0.717) is 0 Å². The third-order valence-electron chi connectivity index (χ3n) is 2.58. The summed E-state index contributed by atoms with van der Waals surface area (Å²) >= 11 is 0.149. The van der Waals surface area contributed by atoms with Gasteiger partial charge in [0, 0.05) is 0 Å². The summed E-state index contributed by atoms with van der Waals surface area (Å²) < 4.78 is 3.25. The van der Waals surface area contributed by atoms with E-state index >= 15 is 0 Å². The Morgan fingerprint density at radius 1 is 1.00 bits per heavy atom. The molecule has 0 aromatic carbocycles. The van der Waals surface area contributed by atoms with Gasteiger partial charge < -0.3 is 19.8 Å². The fourth-order valence-electron chi connectivity index (χ4n) is 1.39. The summed E-state index contributed by atoms with van der Waals surface area (Å²) in [5, 5.41) is 20.4. The second kappa shape index (κ2) is 12.6. The number of hydrogen-bond donors (Lipinski definition) is 0. The van der Waals surface area contributed by atoms with Crippen LogP contribution in [-0.4, -0.2) is 38.1 Å². The molecule has 5 nitrogen and oxygen atoms in total. The third kappa shape index (κ3) is 10.3. The summed E-state index contributed by atoms with van der Waals surface area (Å²) in [6, 6.07) is 3.53. The summed E-state index contributed by atoms with van der Waals surface area (Å²) in [5.41, 5.74) is -0.839. The second-order valence-corrected chi connectivity index (χ2v) is 8.72. The molecule has 0 saturated heterocycles. The number of carboxylic acids is 2. The number of aromatic carboxylic acids is 2. The minimum atomic E-state index is -1.52. The topological polar surface area (TPSA) is 93.1 Å². The molecule has 0 atom stereocenters. The molecule has 0 fully saturated rings. The Balaban J connectivity index is 0.000000400. The van der Waals surface area contributed by atoms with E-state index < -0.39 is 23.3 Å². The number of pyridine rings is 1. The average Bonchev–Trinajstić information content (AvgIpc) is 2.48. The van der Waals surface area contributed by atoms with Crippen LogP contribution < -0.4 is 10.2 Å². The molecule has 1 heterocycles. The average molecular weight is 398 g/mol. The summed E-state index contributed by atoms with van der Waals surface area (Å²) in [6.07, 6.45) is 5.84. The molecule has 1 aromatic rings. The Labute approximate surface area is 136 Å². The molecule has 114 valence electrons. The van der Waals surface area contributed by atoms with E-state index in [9.17, 15) is 19.8 Å². The first-order valence-corrected chi connectivity index (χ1v) is 11.2. The minimum absolute atomic E-state index is 0.149. The maximum absolute atomic E-state index is 10.2. The second-order valence-electron chi connectivity index (χ2n) is 4.44. The van der Waals surface area contributed by atoms with Crippen molar-refractivity contribution >= 4 is 33.1 Å². The van der Waals surface area contributed by atoms with Crippen LogP contribution in [0.3, 0.4) is 0 Å². The van der Waals surface area contributed by atoms with Crippen molar-refractivity contribution in [3.05, 3.63) is 29.6 Å². The van der Waals surface area contributed by atoms with Crippen LogP contribution >= 0.6 is 0 Å². The quantitative estimate of drug-likeness (QED) is 0.480. The van der Waals surface area contributed by atoms with Gasteiger partial charge in [0.2, 0.25) is 0 Å². The van der Waals surface area contributed by atoms with Crippen molar-refractivity contribution in [3.63, 3.8) is 0 Å². The first kappa shape index (κ1) is 19.9. The number of carbonyl (C=O) groups is 2. The number of rotatable bonds is 8. The first-order valence-electron chi connectivity index (χ1n) is 7.13. The Hall–Kier alpha value is -1.11. The molecule has 1 aromatic heterocycles. The van der Waals surface area contributed by atoms with Gasteiger partial charge in [-0.15, -0.1) is 0 Å². The molecule has 0 aliphatic carbocycles. The molecule has 6 heteroatoms. The van der Waals surface area contributed by atoms with E-state index in [1.54, 1.807) is 8.87 Å². The summed E-state index contributed by atoms with van der Waals surface area (Å²) in [6.45, 7) is 4.58. The van der Waals surface area contributed by atoms with Crippen LogP contribution in [0.4, 0.5) is 0 Å². The Morgan fingerprint density at radius 3 is 1.76 bits per heavy atom. The van der Waals surface area contributed by atoms with Gasteiger partial charge in [-0.25, -0.2) is 4.98 Å². The molecule has 0 N–H and O–H groups in total. The molecule has 0 bridgehead atoms. The normalized spacial score (nSPS) is 9.24. The van der Waals surface area contributed by atoms with Crippen LogP contribution in [-0.2, 0) is 0 Å². The Bertz CT molecular complexity index is 402. The van der Waals surface area contributed by atoms with Gasteiger partial charge in [-0.3, -0.25) is 0 Å². The van der Waals surface area contributed by atoms with Crippen LogP contribution in [0.1, 0.15) is 60.5 Å². The van der Waals surface area contributed by atoms with Crippen LogP contribution in [0.25, 0.3) is 0 Å². The number of unbranched alkanes of at least 4 members (excludes halogenated alkanes) is 2. The van der Waals surface area contributed by atoms with Crippen LogP contribution in [0.15, 0.2) is 18.2 Å². The van der Waals surface area contributed by atoms with E-state index in [-0.39, 0.29) is 21.1 Å². The molecule has 0 aliphatic heterocycles.